The molecule has 1 atom stereocenters. The van der Waals surface area contributed by atoms with Crippen LogP contribution in [0.5, 0.6) is 17.2 Å². The van der Waals surface area contributed by atoms with Crippen LogP contribution in [-0.2, 0) is 4.79 Å². The van der Waals surface area contributed by atoms with Crippen LogP contribution in [0.3, 0.4) is 0 Å². The number of carboxylic acids is 1. The van der Waals surface area contributed by atoms with E-state index >= 15 is 0 Å². The van der Waals surface area contributed by atoms with Gasteiger partial charge in [0.1, 0.15) is 11.5 Å². The number of benzene rings is 2. The summed E-state index contributed by atoms with van der Waals surface area (Å²) in [5.74, 6) is -0.517. The molecule has 0 aliphatic rings. The van der Waals surface area contributed by atoms with E-state index in [1.54, 1.807) is 12.1 Å². The van der Waals surface area contributed by atoms with Crippen molar-refractivity contribution in [1.82, 2.24) is 0 Å². The highest BCUT2D eigenvalue weighted by atomic mass is 127. The number of carbonyl (C=O) groups is 1. The Labute approximate surface area is 145 Å². The Balaban J connectivity index is 2.29. The van der Waals surface area contributed by atoms with Crippen LogP contribution < -0.4 is 9.47 Å². The molecule has 0 amide bonds. The summed E-state index contributed by atoms with van der Waals surface area (Å²) in [7, 11) is 0. The van der Waals surface area contributed by atoms with Gasteiger partial charge in [-0.1, -0.05) is 0 Å². The number of hydrogen-bond donors (Lipinski definition) is 1. The Morgan fingerprint density at radius 3 is 2.39 bits per heavy atom. The highest BCUT2D eigenvalue weighted by molar-refractivity contribution is 14.1. The fourth-order valence-electron chi connectivity index (χ4n) is 1.68. The van der Waals surface area contributed by atoms with Crippen LogP contribution in [0.1, 0.15) is 6.92 Å². The Hall–Kier alpha value is -2.36. The Morgan fingerprint density at radius 2 is 1.83 bits per heavy atom. The quantitative estimate of drug-likeness (QED) is 0.426. The summed E-state index contributed by atoms with van der Waals surface area (Å²) in [6.45, 7) is 1.29. The zero-order chi connectivity index (χ0) is 17.0. The van der Waals surface area contributed by atoms with Gasteiger partial charge in [0.25, 0.3) is 0 Å². The van der Waals surface area contributed by atoms with Gasteiger partial charge in [-0.2, -0.15) is 0 Å². The zero-order valence-corrected chi connectivity index (χ0v) is 14.1. The molecule has 0 aliphatic carbocycles. The highest BCUT2D eigenvalue weighted by Crippen LogP contribution is 2.34. The summed E-state index contributed by atoms with van der Waals surface area (Å²) < 4.78 is 11.8. The van der Waals surface area contributed by atoms with Crippen molar-refractivity contribution in [2.75, 3.05) is 0 Å². The number of halogens is 1. The zero-order valence-electron chi connectivity index (χ0n) is 11.9. The van der Waals surface area contributed by atoms with Crippen LogP contribution in [0.15, 0.2) is 42.5 Å². The van der Waals surface area contributed by atoms with Gasteiger partial charge < -0.3 is 14.6 Å². The van der Waals surface area contributed by atoms with Crippen LogP contribution in [0.25, 0.3) is 0 Å². The topological polar surface area (TPSA) is 98.9 Å². The van der Waals surface area contributed by atoms with Gasteiger partial charge in [0.2, 0.25) is 5.75 Å². The summed E-state index contributed by atoms with van der Waals surface area (Å²) in [6.07, 6.45) is -1.22. The molecule has 2 rings (SSSR count). The van der Waals surface area contributed by atoms with Gasteiger partial charge in [-0.05, 0) is 59.8 Å². The van der Waals surface area contributed by atoms with E-state index in [-0.39, 0.29) is 11.4 Å². The van der Waals surface area contributed by atoms with E-state index in [1.807, 2.05) is 12.1 Å². The number of nitrogens with zero attached hydrogens (tertiary/aromatic N) is 1. The minimum absolute atomic E-state index is 0.159. The van der Waals surface area contributed by atoms with E-state index in [2.05, 4.69) is 22.6 Å². The van der Waals surface area contributed by atoms with Gasteiger partial charge in [0.05, 0.1) is 4.92 Å². The van der Waals surface area contributed by atoms with Crippen molar-refractivity contribution in [3.05, 3.63) is 56.1 Å². The molecule has 0 fully saturated rings. The average Bonchev–Trinajstić information content (AvgIpc) is 2.49. The summed E-state index contributed by atoms with van der Waals surface area (Å²) in [5, 5.41) is 19.9. The molecular formula is C15H12INO6. The number of rotatable bonds is 6. The van der Waals surface area contributed by atoms with Crippen molar-refractivity contribution < 1.29 is 24.3 Å². The van der Waals surface area contributed by atoms with Crippen molar-refractivity contribution in [2.45, 2.75) is 13.0 Å². The maximum atomic E-state index is 11.0. The third-order valence-corrected chi connectivity index (χ3v) is 3.55. The number of aliphatic carboxylic acids is 1. The van der Waals surface area contributed by atoms with Crippen molar-refractivity contribution in [2.24, 2.45) is 0 Å². The molecule has 0 spiro atoms. The molecule has 0 aliphatic heterocycles. The minimum atomic E-state index is -1.22. The first-order chi connectivity index (χ1) is 10.9. The summed E-state index contributed by atoms with van der Waals surface area (Å²) in [4.78, 5) is 21.2. The lowest BCUT2D eigenvalue weighted by Gasteiger charge is -2.12. The monoisotopic (exact) mass is 429 g/mol. The van der Waals surface area contributed by atoms with Crippen LogP contribution in [0.4, 0.5) is 5.69 Å². The summed E-state index contributed by atoms with van der Waals surface area (Å²) >= 11 is 2.16. The molecule has 0 heterocycles. The summed E-state index contributed by atoms with van der Waals surface area (Å²) in [6, 6.07) is 11.2. The van der Waals surface area contributed by atoms with Crippen molar-refractivity contribution in [3.63, 3.8) is 0 Å². The first-order valence-corrected chi connectivity index (χ1v) is 7.56. The fraction of sp³-hybridized carbons (Fsp3) is 0.133. The van der Waals surface area contributed by atoms with E-state index < -0.39 is 17.0 Å². The second-order valence-electron chi connectivity index (χ2n) is 4.54. The van der Waals surface area contributed by atoms with E-state index in [0.717, 1.165) is 3.57 Å². The van der Waals surface area contributed by atoms with E-state index in [4.69, 9.17) is 14.6 Å². The lowest BCUT2D eigenvalue weighted by atomic mass is 10.2. The number of hydrogen-bond acceptors (Lipinski definition) is 5. The SMILES string of the molecule is CC(Oc1cc(Oc2ccc(I)cc2)ccc1[N+](=O)[O-])C(=O)O. The third kappa shape index (κ3) is 4.55. The number of carboxylic acid groups (broad SMARTS) is 1. The molecule has 2 aromatic carbocycles. The van der Waals surface area contributed by atoms with Gasteiger partial charge in [-0.25, -0.2) is 4.79 Å². The number of ether oxygens (including phenoxy) is 2. The van der Waals surface area contributed by atoms with Crippen LogP contribution in [-0.4, -0.2) is 22.1 Å². The average molecular weight is 429 g/mol. The van der Waals surface area contributed by atoms with Gasteiger partial charge in [0.15, 0.2) is 6.10 Å². The molecule has 1 unspecified atom stereocenters. The molecule has 0 saturated carbocycles. The highest BCUT2D eigenvalue weighted by Gasteiger charge is 2.21. The lowest BCUT2D eigenvalue weighted by Crippen LogP contribution is -2.23. The van der Waals surface area contributed by atoms with Gasteiger partial charge in [-0.3, -0.25) is 10.1 Å². The van der Waals surface area contributed by atoms with Crippen LogP contribution in [0, 0.1) is 13.7 Å². The molecule has 2 aromatic rings. The van der Waals surface area contributed by atoms with E-state index in [0.29, 0.717) is 11.5 Å². The predicted octanol–water partition coefficient (Wildman–Crippen LogP) is 3.84. The molecule has 23 heavy (non-hydrogen) atoms. The molecule has 1 N–H and O–H groups in total. The molecule has 0 aromatic heterocycles. The number of nitro benzene ring substituents is 1. The Kier molecular flexibility index (Phi) is 5.37. The molecule has 8 heteroatoms. The Morgan fingerprint density at radius 1 is 1.22 bits per heavy atom. The third-order valence-electron chi connectivity index (χ3n) is 2.83. The molecule has 0 radical (unpaired) electrons. The molecular weight excluding hydrogens is 417 g/mol. The molecule has 0 saturated heterocycles. The normalized spacial score (nSPS) is 11.6. The fourth-order valence-corrected chi connectivity index (χ4v) is 2.04. The smallest absolute Gasteiger partial charge is 0.344 e. The van der Waals surface area contributed by atoms with Gasteiger partial charge >= 0.3 is 11.7 Å². The number of nitro groups is 1. The molecule has 0 bridgehead atoms. The van der Waals surface area contributed by atoms with E-state index in [9.17, 15) is 14.9 Å². The lowest BCUT2D eigenvalue weighted by molar-refractivity contribution is -0.386. The maximum Gasteiger partial charge on any atom is 0.344 e. The van der Waals surface area contributed by atoms with Gasteiger partial charge in [-0.15, -0.1) is 0 Å². The van der Waals surface area contributed by atoms with E-state index in [1.165, 1.54) is 25.1 Å². The van der Waals surface area contributed by atoms with Crippen LogP contribution in [0.2, 0.25) is 0 Å². The van der Waals surface area contributed by atoms with Crippen molar-refractivity contribution in [3.8, 4) is 17.2 Å². The largest absolute Gasteiger partial charge is 0.479 e. The first kappa shape index (κ1) is 17.0. The second-order valence-corrected chi connectivity index (χ2v) is 5.79. The minimum Gasteiger partial charge on any atom is -0.479 e. The first-order valence-electron chi connectivity index (χ1n) is 6.48. The van der Waals surface area contributed by atoms with Gasteiger partial charge in [0, 0.05) is 15.7 Å². The standard InChI is InChI=1S/C15H12INO6/c1-9(15(18)19)22-14-8-12(6-7-13(14)17(20)21)23-11-4-2-10(16)3-5-11/h2-9H,1H3,(H,18,19). The second kappa shape index (κ2) is 7.27. The van der Waals surface area contributed by atoms with Crippen LogP contribution >= 0.6 is 22.6 Å². The predicted molar refractivity (Wildman–Crippen MR) is 90.1 cm³/mol. The molecule has 7 nitrogen and oxygen atoms in total. The maximum absolute atomic E-state index is 11.0. The van der Waals surface area contributed by atoms with Crippen molar-refractivity contribution in [1.29, 1.82) is 0 Å². The molecule has 120 valence electrons. The summed E-state index contributed by atoms with van der Waals surface area (Å²) in [5.41, 5.74) is -0.326. The Bertz CT molecular complexity index is 731. The van der Waals surface area contributed by atoms with Crippen molar-refractivity contribution >= 4 is 34.2 Å².